The lowest BCUT2D eigenvalue weighted by Crippen LogP contribution is -2.03. The Bertz CT molecular complexity index is 835. The molecule has 1 aromatic heterocycles. The number of benzene rings is 2. The minimum atomic E-state index is -0.376. The van der Waals surface area contributed by atoms with Crippen molar-refractivity contribution < 1.29 is 9.15 Å². The lowest BCUT2D eigenvalue weighted by atomic mass is 10.1. The van der Waals surface area contributed by atoms with Crippen LogP contribution in [0.3, 0.4) is 0 Å². The molecule has 0 fully saturated rings. The first kappa shape index (κ1) is 16.0. The smallest absolute Gasteiger partial charge is 0.257 e. The lowest BCUT2D eigenvalue weighted by molar-refractivity contribution is 0.188. The van der Waals surface area contributed by atoms with Crippen LogP contribution in [0.4, 0.5) is 0 Å². The van der Waals surface area contributed by atoms with Crippen LogP contribution in [0.15, 0.2) is 51.4 Å². The highest BCUT2D eigenvalue weighted by Gasteiger charge is 2.17. The second-order valence-corrected chi connectivity index (χ2v) is 6.44. The molecule has 1 atom stereocenters. The van der Waals surface area contributed by atoms with Gasteiger partial charge >= 0.3 is 0 Å². The molecule has 1 unspecified atom stereocenters. The summed E-state index contributed by atoms with van der Waals surface area (Å²) in [4.78, 5) is 0. The highest BCUT2D eigenvalue weighted by Crippen LogP contribution is 2.32. The molecular formula is C17H14BrClN2O2. The van der Waals surface area contributed by atoms with E-state index >= 15 is 0 Å². The maximum Gasteiger partial charge on any atom is 0.257 e. The normalized spacial score (nSPS) is 12.2. The van der Waals surface area contributed by atoms with Gasteiger partial charge in [-0.25, -0.2) is 0 Å². The predicted octanol–water partition coefficient (Wildman–Crippen LogP) is 5.60. The molecule has 0 saturated heterocycles. The number of aromatic nitrogens is 2. The van der Waals surface area contributed by atoms with Gasteiger partial charge < -0.3 is 9.15 Å². The van der Waals surface area contributed by atoms with Crippen molar-refractivity contribution in [1.29, 1.82) is 0 Å². The van der Waals surface area contributed by atoms with Gasteiger partial charge in [-0.15, -0.1) is 10.2 Å². The molecular weight excluding hydrogens is 380 g/mol. The Morgan fingerprint density at radius 3 is 2.74 bits per heavy atom. The van der Waals surface area contributed by atoms with E-state index in [1.54, 1.807) is 18.2 Å². The van der Waals surface area contributed by atoms with Crippen molar-refractivity contribution in [2.24, 2.45) is 0 Å². The highest BCUT2D eigenvalue weighted by atomic mass is 79.9. The molecule has 0 radical (unpaired) electrons. The van der Waals surface area contributed by atoms with Crippen molar-refractivity contribution >= 4 is 27.5 Å². The average molecular weight is 394 g/mol. The van der Waals surface area contributed by atoms with Crippen molar-refractivity contribution in [3.63, 3.8) is 0 Å². The van der Waals surface area contributed by atoms with Crippen LogP contribution in [0, 0.1) is 6.92 Å². The molecule has 0 aliphatic carbocycles. The first-order valence-corrected chi connectivity index (χ1v) is 8.22. The third kappa shape index (κ3) is 3.74. The topological polar surface area (TPSA) is 48.2 Å². The molecule has 23 heavy (non-hydrogen) atoms. The first-order valence-electron chi connectivity index (χ1n) is 7.05. The highest BCUT2D eigenvalue weighted by molar-refractivity contribution is 9.10. The fourth-order valence-electron chi connectivity index (χ4n) is 2.11. The minimum absolute atomic E-state index is 0.376. The minimum Gasteiger partial charge on any atom is -0.480 e. The summed E-state index contributed by atoms with van der Waals surface area (Å²) in [6, 6.07) is 13.2. The maximum atomic E-state index is 5.93. The molecule has 6 heteroatoms. The van der Waals surface area contributed by atoms with Crippen LogP contribution >= 0.6 is 27.5 Å². The van der Waals surface area contributed by atoms with Crippen LogP contribution in [0.2, 0.25) is 5.02 Å². The number of aryl methyl sites for hydroxylation is 1. The van der Waals surface area contributed by atoms with Gasteiger partial charge in [-0.1, -0.05) is 29.3 Å². The zero-order chi connectivity index (χ0) is 16.4. The number of halogens is 2. The fraction of sp³-hybridized carbons (Fsp3) is 0.176. The SMILES string of the molecule is Cc1cccc(-c2nnc(C(C)Oc3ccc(Cl)cc3Br)o2)c1. The zero-order valence-corrected chi connectivity index (χ0v) is 14.9. The lowest BCUT2D eigenvalue weighted by Gasteiger charge is -2.12. The van der Waals surface area contributed by atoms with Gasteiger partial charge in [-0.05, 0) is 60.1 Å². The molecule has 1 heterocycles. The maximum absolute atomic E-state index is 5.93. The van der Waals surface area contributed by atoms with Crippen molar-refractivity contribution in [3.05, 3.63) is 63.4 Å². The third-order valence-corrected chi connectivity index (χ3v) is 4.11. The van der Waals surface area contributed by atoms with E-state index in [2.05, 4.69) is 26.1 Å². The summed E-state index contributed by atoms with van der Waals surface area (Å²) in [7, 11) is 0. The number of ether oxygens (including phenoxy) is 1. The van der Waals surface area contributed by atoms with Crippen molar-refractivity contribution in [2.75, 3.05) is 0 Å². The number of rotatable bonds is 4. The van der Waals surface area contributed by atoms with E-state index in [4.69, 9.17) is 20.8 Å². The van der Waals surface area contributed by atoms with E-state index in [0.29, 0.717) is 22.6 Å². The predicted molar refractivity (Wildman–Crippen MR) is 92.7 cm³/mol. The van der Waals surface area contributed by atoms with Gasteiger partial charge in [0.25, 0.3) is 5.89 Å². The summed E-state index contributed by atoms with van der Waals surface area (Å²) in [6.07, 6.45) is -0.376. The first-order chi connectivity index (χ1) is 11.0. The van der Waals surface area contributed by atoms with Gasteiger partial charge in [0, 0.05) is 10.6 Å². The summed E-state index contributed by atoms with van der Waals surface area (Å²) in [5.74, 6) is 1.56. The average Bonchev–Trinajstić information content (AvgIpc) is 3.00. The monoisotopic (exact) mass is 392 g/mol. The van der Waals surface area contributed by atoms with Gasteiger partial charge in [-0.3, -0.25) is 0 Å². The molecule has 4 nitrogen and oxygen atoms in total. The van der Waals surface area contributed by atoms with Crippen molar-refractivity contribution in [2.45, 2.75) is 20.0 Å². The van der Waals surface area contributed by atoms with Crippen LogP contribution in [-0.2, 0) is 0 Å². The van der Waals surface area contributed by atoms with Crippen LogP contribution in [0.1, 0.15) is 24.5 Å². The van der Waals surface area contributed by atoms with Gasteiger partial charge in [0.05, 0.1) is 4.47 Å². The Morgan fingerprint density at radius 1 is 1.17 bits per heavy atom. The molecule has 2 aromatic carbocycles. The summed E-state index contributed by atoms with van der Waals surface area (Å²) in [5, 5.41) is 8.82. The van der Waals surface area contributed by atoms with Crippen molar-refractivity contribution in [3.8, 4) is 17.2 Å². The second kappa shape index (κ2) is 6.72. The second-order valence-electron chi connectivity index (χ2n) is 5.15. The molecule has 0 saturated carbocycles. The standard InChI is InChI=1S/C17H14BrClN2O2/c1-10-4-3-5-12(8-10)17-21-20-16(23-17)11(2)22-15-7-6-13(19)9-14(15)18/h3-9,11H,1-2H3. The van der Waals surface area contributed by atoms with Crippen LogP contribution in [0.25, 0.3) is 11.5 Å². The molecule has 118 valence electrons. The Hall–Kier alpha value is -1.85. The summed E-state index contributed by atoms with van der Waals surface area (Å²) >= 11 is 9.35. The quantitative estimate of drug-likeness (QED) is 0.579. The Morgan fingerprint density at radius 2 is 2.00 bits per heavy atom. The zero-order valence-electron chi connectivity index (χ0n) is 12.6. The van der Waals surface area contributed by atoms with Gasteiger partial charge in [0.1, 0.15) is 5.75 Å². The van der Waals surface area contributed by atoms with E-state index in [1.165, 1.54) is 0 Å². The summed E-state index contributed by atoms with van der Waals surface area (Å²) in [5.41, 5.74) is 2.03. The molecule has 0 bridgehead atoms. The molecule has 3 rings (SSSR count). The van der Waals surface area contributed by atoms with Gasteiger partial charge in [0.2, 0.25) is 5.89 Å². The Kier molecular flexibility index (Phi) is 4.68. The summed E-state index contributed by atoms with van der Waals surface area (Å²) in [6.45, 7) is 3.87. The molecule has 0 aliphatic heterocycles. The van der Waals surface area contributed by atoms with Crippen LogP contribution in [-0.4, -0.2) is 10.2 Å². The number of hydrogen-bond acceptors (Lipinski definition) is 4. The van der Waals surface area contributed by atoms with E-state index in [1.807, 2.05) is 38.1 Å². The largest absolute Gasteiger partial charge is 0.480 e. The molecule has 0 spiro atoms. The van der Waals surface area contributed by atoms with Crippen molar-refractivity contribution in [1.82, 2.24) is 10.2 Å². The van der Waals surface area contributed by atoms with E-state index in [9.17, 15) is 0 Å². The molecule has 0 aliphatic rings. The Labute approximate surface area is 147 Å². The third-order valence-electron chi connectivity index (χ3n) is 3.25. The van der Waals surface area contributed by atoms with Crippen LogP contribution in [0.5, 0.6) is 5.75 Å². The summed E-state index contributed by atoms with van der Waals surface area (Å²) < 4.78 is 12.4. The number of nitrogens with zero attached hydrogens (tertiary/aromatic N) is 2. The van der Waals surface area contributed by atoms with Gasteiger partial charge in [-0.2, -0.15) is 0 Å². The van der Waals surface area contributed by atoms with Gasteiger partial charge in [0.15, 0.2) is 6.10 Å². The van der Waals surface area contributed by atoms with Crippen LogP contribution < -0.4 is 4.74 Å². The van der Waals surface area contributed by atoms with E-state index in [-0.39, 0.29) is 6.10 Å². The van der Waals surface area contributed by atoms with E-state index < -0.39 is 0 Å². The molecule has 0 amide bonds. The molecule has 0 N–H and O–H groups in total. The number of hydrogen-bond donors (Lipinski definition) is 0. The Balaban J connectivity index is 1.79. The molecule has 3 aromatic rings. The fourth-order valence-corrected chi connectivity index (χ4v) is 2.88. The van der Waals surface area contributed by atoms with E-state index in [0.717, 1.165) is 15.6 Å².